The average Bonchev–Trinajstić information content (AvgIpc) is 2.31. The van der Waals surface area contributed by atoms with Crippen molar-refractivity contribution >= 4 is 0 Å². The Bertz CT molecular complexity index is 231. The lowest BCUT2D eigenvalue weighted by Gasteiger charge is -2.57. The molecule has 4 aliphatic rings. The fourth-order valence-electron chi connectivity index (χ4n) is 3.85. The predicted molar refractivity (Wildman–Crippen MR) is 59.9 cm³/mol. The van der Waals surface area contributed by atoms with Gasteiger partial charge in [-0.3, -0.25) is 0 Å². The lowest BCUT2D eigenvalue weighted by Crippen LogP contribution is -2.71. The summed E-state index contributed by atoms with van der Waals surface area (Å²) in [5.41, 5.74) is 0.156. The van der Waals surface area contributed by atoms with Gasteiger partial charge in [-0.1, -0.05) is 6.92 Å². The summed E-state index contributed by atoms with van der Waals surface area (Å²) < 4.78 is 6.24. The molecule has 4 aliphatic heterocycles. The van der Waals surface area contributed by atoms with Crippen LogP contribution in [0.2, 0.25) is 0 Å². The monoisotopic (exact) mass is 210 g/mol. The topological polar surface area (TPSA) is 24.5 Å². The van der Waals surface area contributed by atoms with E-state index in [9.17, 15) is 0 Å². The molecule has 86 valence electrons. The van der Waals surface area contributed by atoms with Gasteiger partial charge < -0.3 is 15.0 Å². The molecule has 4 saturated heterocycles. The Kier molecular flexibility index (Phi) is 2.49. The molecule has 2 bridgehead atoms. The minimum Gasteiger partial charge on any atom is -0.370 e. The molecular weight excluding hydrogens is 188 g/mol. The number of morpholine rings is 1. The average molecular weight is 210 g/mol. The summed E-state index contributed by atoms with van der Waals surface area (Å²) in [6.45, 7) is 7.99. The molecule has 0 aliphatic carbocycles. The van der Waals surface area contributed by atoms with Crippen molar-refractivity contribution in [3.63, 3.8) is 0 Å². The smallest absolute Gasteiger partial charge is 0.0990 e. The minimum absolute atomic E-state index is 0.156. The second-order valence-electron chi connectivity index (χ2n) is 5.27. The van der Waals surface area contributed by atoms with Crippen LogP contribution in [-0.4, -0.2) is 49.3 Å². The van der Waals surface area contributed by atoms with E-state index in [1.54, 1.807) is 0 Å². The van der Waals surface area contributed by atoms with Crippen molar-refractivity contribution in [2.45, 2.75) is 37.8 Å². The number of nitrogens with zero attached hydrogens (tertiary/aromatic N) is 1. The number of fused-ring (bicyclic) bond motifs is 2. The molecule has 2 atom stereocenters. The molecule has 4 rings (SSSR count). The zero-order valence-corrected chi connectivity index (χ0v) is 9.67. The lowest BCUT2D eigenvalue weighted by molar-refractivity contribution is -0.187. The molecule has 0 aromatic rings. The van der Waals surface area contributed by atoms with Crippen LogP contribution >= 0.6 is 0 Å². The highest BCUT2D eigenvalue weighted by molar-refractivity contribution is 5.07. The van der Waals surface area contributed by atoms with E-state index in [1.807, 2.05) is 0 Å². The van der Waals surface area contributed by atoms with E-state index >= 15 is 0 Å². The van der Waals surface area contributed by atoms with Crippen LogP contribution in [0.5, 0.6) is 0 Å². The lowest BCUT2D eigenvalue weighted by atomic mass is 9.70. The maximum Gasteiger partial charge on any atom is 0.0990 e. The van der Waals surface area contributed by atoms with Gasteiger partial charge in [-0.25, -0.2) is 0 Å². The van der Waals surface area contributed by atoms with Crippen molar-refractivity contribution in [1.82, 2.24) is 10.2 Å². The molecule has 0 radical (unpaired) electrons. The van der Waals surface area contributed by atoms with Gasteiger partial charge in [0.25, 0.3) is 0 Å². The van der Waals surface area contributed by atoms with Crippen LogP contribution < -0.4 is 5.32 Å². The molecule has 0 saturated carbocycles. The van der Waals surface area contributed by atoms with Gasteiger partial charge in [-0.15, -0.1) is 0 Å². The van der Waals surface area contributed by atoms with Crippen LogP contribution in [0.3, 0.4) is 0 Å². The van der Waals surface area contributed by atoms with Gasteiger partial charge in [0, 0.05) is 19.1 Å². The van der Waals surface area contributed by atoms with Crippen LogP contribution in [0, 0.1) is 5.92 Å². The Morgan fingerprint density at radius 1 is 1.40 bits per heavy atom. The first kappa shape index (κ1) is 10.1. The molecule has 2 unspecified atom stereocenters. The third-order valence-electron chi connectivity index (χ3n) is 4.61. The first-order valence-corrected chi connectivity index (χ1v) is 6.45. The third-order valence-corrected chi connectivity index (χ3v) is 4.61. The van der Waals surface area contributed by atoms with Crippen LogP contribution in [0.4, 0.5) is 0 Å². The third kappa shape index (κ3) is 1.44. The van der Waals surface area contributed by atoms with E-state index in [0.717, 1.165) is 19.1 Å². The predicted octanol–water partition coefficient (Wildman–Crippen LogP) is 0.849. The fraction of sp³-hybridized carbons (Fsp3) is 1.00. The van der Waals surface area contributed by atoms with Crippen molar-refractivity contribution in [2.75, 3.05) is 32.8 Å². The number of nitrogens with one attached hydrogen (secondary N) is 1. The Morgan fingerprint density at radius 2 is 2.20 bits per heavy atom. The van der Waals surface area contributed by atoms with Crippen molar-refractivity contribution < 1.29 is 4.74 Å². The summed E-state index contributed by atoms with van der Waals surface area (Å²) in [6, 6.07) is 0.583. The second kappa shape index (κ2) is 3.72. The Hall–Kier alpha value is -0.120. The molecule has 3 nitrogen and oxygen atoms in total. The van der Waals surface area contributed by atoms with Gasteiger partial charge >= 0.3 is 0 Å². The van der Waals surface area contributed by atoms with Gasteiger partial charge in [0.2, 0.25) is 0 Å². The molecule has 3 heteroatoms. The molecule has 0 aromatic carbocycles. The Labute approximate surface area is 92.2 Å². The highest BCUT2D eigenvalue weighted by Crippen LogP contribution is 2.42. The van der Waals surface area contributed by atoms with Gasteiger partial charge in [-0.2, -0.15) is 0 Å². The summed E-state index contributed by atoms with van der Waals surface area (Å²) in [7, 11) is 0. The number of hydrogen-bond donors (Lipinski definition) is 1. The number of ether oxygens (including phenoxy) is 1. The van der Waals surface area contributed by atoms with E-state index in [0.29, 0.717) is 6.04 Å². The van der Waals surface area contributed by atoms with Gasteiger partial charge in [0.1, 0.15) is 0 Å². The van der Waals surface area contributed by atoms with Crippen molar-refractivity contribution in [3.8, 4) is 0 Å². The SMILES string of the molecule is CCC1NCCOC12CN1CCC2CC1. The normalized spacial score (nSPS) is 49.8. The minimum atomic E-state index is 0.156. The largest absolute Gasteiger partial charge is 0.370 e. The zero-order chi connectivity index (χ0) is 10.3. The Morgan fingerprint density at radius 3 is 2.80 bits per heavy atom. The standard InChI is InChI=1S/C12H22N2O/c1-2-11-12(15-8-5-13-11)9-14-6-3-10(12)4-7-14/h10-11,13H,2-9H2,1H3. The summed E-state index contributed by atoms with van der Waals surface area (Å²) in [5.74, 6) is 0.806. The van der Waals surface area contributed by atoms with E-state index in [4.69, 9.17) is 4.74 Å². The van der Waals surface area contributed by atoms with Gasteiger partial charge in [-0.05, 0) is 38.3 Å². The van der Waals surface area contributed by atoms with Crippen molar-refractivity contribution in [3.05, 3.63) is 0 Å². The van der Waals surface area contributed by atoms with Crippen LogP contribution in [0.15, 0.2) is 0 Å². The number of piperidine rings is 3. The molecular formula is C12H22N2O. The molecule has 15 heavy (non-hydrogen) atoms. The van der Waals surface area contributed by atoms with Crippen LogP contribution in [0.25, 0.3) is 0 Å². The summed E-state index contributed by atoms with van der Waals surface area (Å²) in [6.07, 6.45) is 3.89. The molecule has 4 heterocycles. The first-order valence-electron chi connectivity index (χ1n) is 6.45. The highest BCUT2D eigenvalue weighted by atomic mass is 16.5. The second-order valence-corrected chi connectivity index (χ2v) is 5.27. The zero-order valence-electron chi connectivity index (χ0n) is 9.67. The Balaban J connectivity index is 1.86. The van der Waals surface area contributed by atoms with Crippen LogP contribution in [-0.2, 0) is 4.74 Å². The highest BCUT2D eigenvalue weighted by Gasteiger charge is 2.52. The molecule has 0 aromatic heterocycles. The number of hydrogen-bond acceptors (Lipinski definition) is 3. The van der Waals surface area contributed by atoms with Gasteiger partial charge in [0.15, 0.2) is 0 Å². The van der Waals surface area contributed by atoms with Crippen molar-refractivity contribution in [1.29, 1.82) is 0 Å². The van der Waals surface area contributed by atoms with Crippen LogP contribution in [0.1, 0.15) is 26.2 Å². The van der Waals surface area contributed by atoms with Gasteiger partial charge in [0.05, 0.1) is 12.2 Å². The maximum absolute atomic E-state index is 6.24. The van der Waals surface area contributed by atoms with E-state index in [1.165, 1.54) is 38.9 Å². The van der Waals surface area contributed by atoms with Crippen molar-refractivity contribution in [2.24, 2.45) is 5.92 Å². The summed E-state index contributed by atoms with van der Waals surface area (Å²) in [5, 5.41) is 3.66. The maximum atomic E-state index is 6.24. The molecule has 1 N–H and O–H groups in total. The quantitative estimate of drug-likeness (QED) is 0.694. The van der Waals surface area contributed by atoms with E-state index < -0.39 is 0 Å². The summed E-state index contributed by atoms with van der Waals surface area (Å²) >= 11 is 0. The van der Waals surface area contributed by atoms with E-state index in [-0.39, 0.29) is 5.60 Å². The molecule has 0 amide bonds. The molecule has 1 spiro atoms. The fourth-order valence-corrected chi connectivity index (χ4v) is 3.85. The first-order chi connectivity index (χ1) is 7.35. The number of rotatable bonds is 1. The summed E-state index contributed by atoms with van der Waals surface area (Å²) in [4.78, 5) is 2.59. The molecule has 4 fully saturated rings. The van der Waals surface area contributed by atoms with E-state index in [2.05, 4.69) is 17.1 Å².